The maximum atomic E-state index is 12.2. The van der Waals surface area contributed by atoms with E-state index in [0.29, 0.717) is 12.1 Å². The van der Waals surface area contributed by atoms with Crippen LogP contribution in [-0.2, 0) is 4.79 Å². The van der Waals surface area contributed by atoms with Gasteiger partial charge in [-0.1, -0.05) is 25.5 Å². The molecule has 1 amide bonds. The lowest BCUT2D eigenvalue weighted by Gasteiger charge is -2.14. The summed E-state index contributed by atoms with van der Waals surface area (Å²) in [4.78, 5) is 11.6. The summed E-state index contributed by atoms with van der Waals surface area (Å²) in [6.07, 6.45) is -2.28. The van der Waals surface area contributed by atoms with Crippen molar-refractivity contribution < 1.29 is 18.0 Å². The van der Waals surface area contributed by atoms with Crippen LogP contribution in [0.5, 0.6) is 0 Å². The van der Waals surface area contributed by atoms with E-state index in [-0.39, 0.29) is 11.6 Å². The summed E-state index contributed by atoms with van der Waals surface area (Å²) >= 11 is 0. The molecule has 0 heterocycles. The second kappa shape index (κ2) is 7.01. The molecule has 0 aliphatic rings. The zero-order chi connectivity index (χ0) is 14.3. The second-order valence-corrected chi connectivity index (χ2v) is 4.17. The number of para-hydroxylation sites is 2. The van der Waals surface area contributed by atoms with Gasteiger partial charge in [-0.2, -0.15) is 13.2 Å². The van der Waals surface area contributed by atoms with Crippen LogP contribution in [0, 0.1) is 0 Å². The van der Waals surface area contributed by atoms with Gasteiger partial charge in [0.2, 0.25) is 5.91 Å². The number of alkyl halides is 3. The van der Waals surface area contributed by atoms with E-state index in [2.05, 4.69) is 10.6 Å². The first-order valence-electron chi connectivity index (χ1n) is 6.12. The molecule has 0 unspecified atom stereocenters. The summed E-state index contributed by atoms with van der Waals surface area (Å²) in [7, 11) is 0. The Morgan fingerprint density at radius 3 is 2.42 bits per heavy atom. The fraction of sp³-hybridized carbons (Fsp3) is 0.462. The largest absolute Gasteiger partial charge is 0.405 e. The van der Waals surface area contributed by atoms with Crippen molar-refractivity contribution in [3.8, 4) is 0 Å². The van der Waals surface area contributed by atoms with Gasteiger partial charge in [-0.25, -0.2) is 0 Å². The number of benzene rings is 1. The van der Waals surface area contributed by atoms with E-state index in [9.17, 15) is 18.0 Å². The van der Waals surface area contributed by atoms with Crippen molar-refractivity contribution in [1.82, 2.24) is 0 Å². The maximum absolute atomic E-state index is 12.2. The fourth-order valence-corrected chi connectivity index (χ4v) is 1.49. The number of hydrogen-bond acceptors (Lipinski definition) is 2. The van der Waals surface area contributed by atoms with Crippen LogP contribution in [0.2, 0.25) is 0 Å². The summed E-state index contributed by atoms with van der Waals surface area (Å²) < 4.78 is 36.5. The predicted molar refractivity (Wildman–Crippen MR) is 69.1 cm³/mol. The van der Waals surface area contributed by atoms with Crippen LogP contribution in [0.3, 0.4) is 0 Å². The number of anilines is 2. The number of halogens is 3. The molecule has 6 heteroatoms. The van der Waals surface area contributed by atoms with Gasteiger partial charge < -0.3 is 10.6 Å². The van der Waals surface area contributed by atoms with Gasteiger partial charge in [0.05, 0.1) is 11.4 Å². The zero-order valence-electron chi connectivity index (χ0n) is 10.7. The lowest BCUT2D eigenvalue weighted by Crippen LogP contribution is -2.22. The third-order valence-corrected chi connectivity index (χ3v) is 2.44. The quantitative estimate of drug-likeness (QED) is 0.828. The molecule has 0 aliphatic carbocycles. The highest BCUT2D eigenvalue weighted by Crippen LogP contribution is 2.23. The predicted octanol–water partition coefficient (Wildman–Crippen LogP) is 3.79. The van der Waals surface area contributed by atoms with E-state index < -0.39 is 12.7 Å². The number of unbranched alkanes of at least 4 members (excludes halogenated alkanes) is 1. The monoisotopic (exact) mass is 274 g/mol. The van der Waals surface area contributed by atoms with Crippen molar-refractivity contribution in [2.45, 2.75) is 32.4 Å². The molecule has 0 fully saturated rings. The molecule has 1 aromatic rings. The summed E-state index contributed by atoms with van der Waals surface area (Å²) in [5.74, 6) is -0.192. The van der Waals surface area contributed by atoms with E-state index in [1.54, 1.807) is 18.2 Å². The molecular formula is C13H17F3N2O. The molecule has 106 valence electrons. The van der Waals surface area contributed by atoms with Crippen LogP contribution >= 0.6 is 0 Å². The van der Waals surface area contributed by atoms with Gasteiger partial charge >= 0.3 is 6.18 Å². The Hall–Kier alpha value is -1.72. The molecule has 0 bridgehead atoms. The Bertz CT molecular complexity index is 419. The molecule has 2 N–H and O–H groups in total. The SMILES string of the molecule is CCCCC(=O)Nc1ccccc1NCC(F)(F)F. The molecule has 0 saturated heterocycles. The Kier molecular flexibility index (Phi) is 5.66. The standard InChI is InChI=1S/C13H17F3N2O/c1-2-3-8-12(19)18-11-7-5-4-6-10(11)17-9-13(14,15)16/h4-7,17H,2-3,8-9H2,1H3,(H,18,19). The molecule has 0 saturated carbocycles. The van der Waals surface area contributed by atoms with Crippen LogP contribution in [0.25, 0.3) is 0 Å². The minimum absolute atomic E-state index is 0.192. The summed E-state index contributed by atoms with van der Waals surface area (Å²) in [5.41, 5.74) is 0.637. The normalized spacial score (nSPS) is 11.2. The van der Waals surface area contributed by atoms with Crippen LogP contribution in [0.4, 0.5) is 24.5 Å². The Morgan fingerprint density at radius 1 is 1.21 bits per heavy atom. The first-order chi connectivity index (χ1) is 8.92. The number of rotatable bonds is 6. The van der Waals surface area contributed by atoms with Crippen molar-refractivity contribution in [3.63, 3.8) is 0 Å². The number of hydrogen-bond donors (Lipinski definition) is 2. The van der Waals surface area contributed by atoms with Crippen LogP contribution < -0.4 is 10.6 Å². The van der Waals surface area contributed by atoms with E-state index in [1.165, 1.54) is 6.07 Å². The summed E-state index contributed by atoms with van der Waals surface area (Å²) in [6.45, 7) is 0.834. The number of carbonyl (C=O) groups is 1. The van der Waals surface area contributed by atoms with Crippen molar-refractivity contribution in [3.05, 3.63) is 24.3 Å². The average Bonchev–Trinajstić information content (AvgIpc) is 2.34. The zero-order valence-corrected chi connectivity index (χ0v) is 10.7. The van der Waals surface area contributed by atoms with Gasteiger partial charge in [0.15, 0.2) is 0 Å². The molecule has 0 atom stereocenters. The second-order valence-electron chi connectivity index (χ2n) is 4.17. The van der Waals surface area contributed by atoms with Gasteiger partial charge in [-0.3, -0.25) is 4.79 Å². The smallest absolute Gasteiger partial charge is 0.375 e. The lowest BCUT2D eigenvalue weighted by molar-refractivity contribution is -0.116. The Balaban J connectivity index is 2.65. The molecular weight excluding hydrogens is 257 g/mol. The lowest BCUT2D eigenvalue weighted by atomic mass is 10.2. The van der Waals surface area contributed by atoms with Crippen molar-refractivity contribution in [1.29, 1.82) is 0 Å². The average molecular weight is 274 g/mol. The van der Waals surface area contributed by atoms with Gasteiger partial charge in [0, 0.05) is 6.42 Å². The van der Waals surface area contributed by atoms with Gasteiger partial charge in [0.25, 0.3) is 0 Å². The minimum atomic E-state index is -4.29. The van der Waals surface area contributed by atoms with Crippen molar-refractivity contribution in [2.24, 2.45) is 0 Å². The molecule has 3 nitrogen and oxygen atoms in total. The molecule has 19 heavy (non-hydrogen) atoms. The fourth-order valence-electron chi connectivity index (χ4n) is 1.49. The molecule has 1 rings (SSSR count). The molecule has 1 aromatic carbocycles. The van der Waals surface area contributed by atoms with Crippen LogP contribution in [0.1, 0.15) is 26.2 Å². The van der Waals surface area contributed by atoms with Gasteiger partial charge in [-0.05, 0) is 18.6 Å². The Labute approximate surface area is 110 Å². The maximum Gasteiger partial charge on any atom is 0.405 e. The van der Waals surface area contributed by atoms with E-state index in [1.807, 2.05) is 6.92 Å². The van der Waals surface area contributed by atoms with E-state index >= 15 is 0 Å². The third-order valence-electron chi connectivity index (χ3n) is 2.44. The van der Waals surface area contributed by atoms with Crippen LogP contribution in [0.15, 0.2) is 24.3 Å². The first kappa shape index (κ1) is 15.3. The van der Waals surface area contributed by atoms with Gasteiger partial charge in [0.1, 0.15) is 6.54 Å². The highest BCUT2D eigenvalue weighted by molar-refractivity contribution is 5.94. The first-order valence-corrected chi connectivity index (χ1v) is 6.12. The number of amides is 1. The third kappa shape index (κ3) is 6.13. The highest BCUT2D eigenvalue weighted by Gasteiger charge is 2.26. The molecule has 0 aliphatic heterocycles. The van der Waals surface area contributed by atoms with E-state index in [0.717, 1.165) is 12.8 Å². The van der Waals surface area contributed by atoms with Crippen molar-refractivity contribution in [2.75, 3.05) is 17.2 Å². The molecule has 0 spiro atoms. The topological polar surface area (TPSA) is 41.1 Å². The molecule has 0 radical (unpaired) electrons. The number of carbonyl (C=O) groups excluding carboxylic acids is 1. The Morgan fingerprint density at radius 2 is 1.84 bits per heavy atom. The minimum Gasteiger partial charge on any atom is -0.375 e. The molecule has 0 aromatic heterocycles. The van der Waals surface area contributed by atoms with E-state index in [4.69, 9.17) is 0 Å². The van der Waals surface area contributed by atoms with Crippen molar-refractivity contribution >= 4 is 17.3 Å². The van der Waals surface area contributed by atoms with Gasteiger partial charge in [-0.15, -0.1) is 0 Å². The summed E-state index contributed by atoms with van der Waals surface area (Å²) in [6, 6.07) is 6.35. The summed E-state index contributed by atoms with van der Waals surface area (Å²) in [5, 5.41) is 4.89. The van der Waals surface area contributed by atoms with Crippen LogP contribution in [-0.4, -0.2) is 18.6 Å². The number of nitrogens with one attached hydrogen (secondary N) is 2. The highest BCUT2D eigenvalue weighted by atomic mass is 19.4.